The molecule has 0 spiro atoms. The molecular formula is C17H27ClN2O2. The number of ether oxygens (including phenoxy) is 2. The minimum absolute atomic E-state index is 0.400. The predicted octanol–water partition coefficient (Wildman–Crippen LogP) is 3.34. The van der Waals surface area contributed by atoms with Gasteiger partial charge in [-0.15, -0.1) is 0 Å². The average molecular weight is 327 g/mol. The zero-order valence-corrected chi connectivity index (χ0v) is 14.6. The summed E-state index contributed by atoms with van der Waals surface area (Å²) in [5, 5.41) is 3.99. The second-order valence-electron chi connectivity index (χ2n) is 4.91. The highest BCUT2D eigenvalue weighted by Gasteiger charge is 2.11. The minimum atomic E-state index is 0.400. The molecule has 0 saturated heterocycles. The summed E-state index contributed by atoms with van der Waals surface area (Å²) in [6, 6.07) is 3.86. The van der Waals surface area contributed by atoms with Gasteiger partial charge in [0.1, 0.15) is 6.61 Å². The van der Waals surface area contributed by atoms with Gasteiger partial charge in [0.25, 0.3) is 0 Å². The van der Waals surface area contributed by atoms with Gasteiger partial charge >= 0.3 is 0 Å². The second-order valence-corrected chi connectivity index (χ2v) is 5.32. The maximum Gasteiger partial charge on any atom is 0.180 e. The van der Waals surface area contributed by atoms with E-state index in [0.29, 0.717) is 23.1 Å². The molecule has 1 aromatic rings. The van der Waals surface area contributed by atoms with Gasteiger partial charge in [0.15, 0.2) is 11.5 Å². The molecule has 0 bridgehead atoms. The van der Waals surface area contributed by atoms with E-state index in [0.717, 1.165) is 38.3 Å². The summed E-state index contributed by atoms with van der Waals surface area (Å²) in [6.07, 6.45) is 1.68. The third-order valence-corrected chi connectivity index (χ3v) is 3.74. The molecule has 1 aromatic carbocycles. The van der Waals surface area contributed by atoms with E-state index in [2.05, 4.69) is 30.6 Å². The molecule has 0 aliphatic carbocycles. The van der Waals surface area contributed by atoms with Crippen LogP contribution in [0.3, 0.4) is 0 Å². The molecule has 0 saturated carbocycles. The smallest absolute Gasteiger partial charge is 0.180 e. The Balaban J connectivity index is 2.60. The summed E-state index contributed by atoms with van der Waals surface area (Å²) < 4.78 is 10.9. The summed E-state index contributed by atoms with van der Waals surface area (Å²) in [4.78, 5) is 2.38. The lowest BCUT2D eigenvalue weighted by Crippen LogP contribution is -2.31. The summed E-state index contributed by atoms with van der Waals surface area (Å²) >= 11 is 6.28. The summed E-state index contributed by atoms with van der Waals surface area (Å²) in [7, 11) is 1.62. The maximum atomic E-state index is 6.28. The van der Waals surface area contributed by atoms with E-state index in [-0.39, 0.29) is 0 Å². The van der Waals surface area contributed by atoms with Gasteiger partial charge in [-0.05, 0) is 30.8 Å². The van der Waals surface area contributed by atoms with Crippen LogP contribution in [0.25, 0.3) is 0 Å². The topological polar surface area (TPSA) is 33.7 Å². The molecule has 0 unspecified atom stereocenters. The van der Waals surface area contributed by atoms with Crippen LogP contribution < -0.4 is 14.8 Å². The van der Waals surface area contributed by atoms with Gasteiger partial charge in [-0.1, -0.05) is 38.1 Å². The fourth-order valence-electron chi connectivity index (χ4n) is 2.17. The molecule has 0 aromatic heterocycles. The molecule has 124 valence electrons. The summed E-state index contributed by atoms with van der Waals surface area (Å²) in [5.74, 6) is 1.21. The van der Waals surface area contributed by atoms with Gasteiger partial charge < -0.3 is 19.7 Å². The number of nitrogens with zero attached hydrogens (tertiary/aromatic N) is 1. The number of methoxy groups -OCH3 is 1. The molecule has 0 aliphatic rings. The molecule has 0 fully saturated rings. The number of hydrogen-bond acceptors (Lipinski definition) is 4. The van der Waals surface area contributed by atoms with Crippen molar-refractivity contribution in [2.75, 3.05) is 39.9 Å². The van der Waals surface area contributed by atoms with Crippen molar-refractivity contribution < 1.29 is 9.47 Å². The second kappa shape index (κ2) is 10.5. The lowest BCUT2D eigenvalue weighted by Gasteiger charge is -2.18. The van der Waals surface area contributed by atoms with Crippen LogP contribution >= 0.6 is 11.6 Å². The molecule has 0 atom stereocenters. The molecule has 4 nitrogen and oxygen atoms in total. The van der Waals surface area contributed by atoms with Crippen molar-refractivity contribution in [2.45, 2.75) is 20.4 Å². The largest absolute Gasteiger partial charge is 0.493 e. The van der Waals surface area contributed by atoms with Crippen LogP contribution in [0.1, 0.15) is 19.4 Å². The minimum Gasteiger partial charge on any atom is -0.493 e. The molecule has 5 heteroatoms. The highest BCUT2D eigenvalue weighted by atomic mass is 35.5. The summed E-state index contributed by atoms with van der Waals surface area (Å²) in [6.45, 7) is 13.3. The highest BCUT2D eigenvalue weighted by molar-refractivity contribution is 6.32. The Morgan fingerprint density at radius 3 is 2.64 bits per heavy atom. The van der Waals surface area contributed by atoms with Gasteiger partial charge in [0.05, 0.1) is 12.1 Å². The Hall–Kier alpha value is -1.23. The number of benzene rings is 1. The standard InChI is InChI=1S/C17H27ClN2O2/c1-5-10-22-17-15(18)11-14(12-16(17)21-4)13-19-8-9-20(6-2)7-3/h5,11-12,19H,1,6-10,13H2,2-4H3. The summed E-state index contributed by atoms with van der Waals surface area (Å²) in [5.41, 5.74) is 1.08. The predicted molar refractivity (Wildman–Crippen MR) is 93.2 cm³/mol. The number of hydrogen-bond donors (Lipinski definition) is 1. The fraction of sp³-hybridized carbons (Fsp3) is 0.529. The van der Waals surface area contributed by atoms with Crippen molar-refractivity contribution in [1.82, 2.24) is 10.2 Å². The van der Waals surface area contributed by atoms with Crippen molar-refractivity contribution in [2.24, 2.45) is 0 Å². The van der Waals surface area contributed by atoms with Crippen LogP contribution in [0.15, 0.2) is 24.8 Å². The molecule has 0 amide bonds. The first-order chi connectivity index (χ1) is 10.7. The van der Waals surface area contributed by atoms with Crippen LogP contribution in [0.5, 0.6) is 11.5 Å². The van der Waals surface area contributed by atoms with Gasteiger partial charge in [-0.3, -0.25) is 0 Å². The zero-order valence-electron chi connectivity index (χ0n) is 13.8. The lowest BCUT2D eigenvalue weighted by molar-refractivity contribution is 0.302. The van der Waals surface area contributed by atoms with E-state index in [9.17, 15) is 0 Å². The maximum absolute atomic E-state index is 6.28. The van der Waals surface area contributed by atoms with Gasteiger partial charge in [0, 0.05) is 19.6 Å². The number of halogens is 1. The molecule has 22 heavy (non-hydrogen) atoms. The van der Waals surface area contributed by atoms with Crippen molar-refractivity contribution in [3.8, 4) is 11.5 Å². The van der Waals surface area contributed by atoms with E-state index in [1.807, 2.05) is 12.1 Å². The van der Waals surface area contributed by atoms with Gasteiger partial charge in [-0.25, -0.2) is 0 Å². The fourth-order valence-corrected chi connectivity index (χ4v) is 2.46. The van der Waals surface area contributed by atoms with Crippen molar-refractivity contribution in [3.05, 3.63) is 35.4 Å². The van der Waals surface area contributed by atoms with E-state index in [1.165, 1.54) is 0 Å². The normalized spacial score (nSPS) is 10.8. The molecule has 0 aliphatic heterocycles. The van der Waals surface area contributed by atoms with Crippen molar-refractivity contribution in [1.29, 1.82) is 0 Å². The Morgan fingerprint density at radius 1 is 1.32 bits per heavy atom. The first kappa shape index (κ1) is 18.8. The third-order valence-electron chi connectivity index (χ3n) is 3.46. The molecule has 1 N–H and O–H groups in total. The first-order valence-corrected chi connectivity index (χ1v) is 8.07. The van der Waals surface area contributed by atoms with Crippen molar-refractivity contribution in [3.63, 3.8) is 0 Å². The number of rotatable bonds is 11. The van der Waals surface area contributed by atoms with Gasteiger partial charge in [-0.2, -0.15) is 0 Å². The van der Waals surface area contributed by atoms with Crippen molar-refractivity contribution >= 4 is 11.6 Å². The van der Waals surface area contributed by atoms with Crippen LogP contribution in [-0.2, 0) is 6.54 Å². The van der Waals surface area contributed by atoms with E-state index in [4.69, 9.17) is 21.1 Å². The highest BCUT2D eigenvalue weighted by Crippen LogP contribution is 2.36. The Kier molecular flexibility index (Phi) is 8.97. The SMILES string of the molecule is C=CCOc1c(Cl)cc(CNCCN(CC)CC)cc1OC. The van der Waals surface area contributed by atoms with Crippen LogP contribution in [0.2, 0.25) is 5.02 Å². The molecule has 0 heterocycles. The van der Waals surface area contributed by atoms with Crippen LogP contribution in [0.4, 0.5) is 0 Å². The molecular weight excluding hydrogens is 300 g/mol. The number of nitrogens with one attached hydrogen (secondary N) is 1. The van der Waals surface area contributed by atoms with E-state index < -0.39 is 0 Å². The monoisotopic (exact) mass is 326 g/mol. The first-order valence-electron chi connectivity index (χ1n) is 7.69. The van der Waals surface area contributed by atoms with E-state index in [1.54, 1.807) is 13.2 Å². The Labute approximate surface area is 139 Å². The molecule has 1 rings (SSSR count). The Morgan fingerprint density at radius 2 is 2.05 bits per heavy atom. The van der Waals surface area contributed by atoms with Crippen LogP contribution in [0, 0.1) is 0 Å². The average Bonchev–Trinajstić information content (AvgIpc) is 2.53. The van der Waals surface area contributed by atoms with Gasteiger partial charge in [0.2, 0.25) is 0 Å². The number of likely N-dealkylation sites (N-methyl/N-ethyl adjacent to an activating group) is 1. The third kappa shape index (κ3) is 5.87. The lowest BCUT2D eigenvalue weighted by atomic mass is 10.2. The quantitative estimate of drug-likeness (QED) is 0.499. The Bertz CT molecular complexity index is 462. The van der Waals surface area contributed by atoms with Crippen LogP contribution in [-0.4, -0.2) is 44.8 Å². The van der Waals surface area contributed by atoms with E-state index >= 15 is 0 Å². The molecule has 0 radical (unpaired) electrons. The zero-order chi connectivity index (χ0) is 16.4.